The van der Waals surface area contributed by atoms with Gasteiger partial charge in [-0.25, -0.2) is 0 Å². The summed E-state index contributed by atoms with van der Waals surface area (Å²) in [4.78, 5) is 10.9. The third kappa shape index (κ3) is 3.31. The van der Waals surface area contributed by atoms with Crippen molar-refractivity contribution < 1.29 is 14.8 Å². The molecule has 7 heteroatoms. The van der Waals surface area contributed by atoms with E-state index in [4.69, 9.17) is 4.74 Å². The summed E-state index contributed by atoms with van der Waals surface area (Å²) in [6, 6.07) is 8.36. The van der Waals surface area contributed by atoms with Crippen LogP contribution >= 0.6 is 27.3 Å². The second kappa shape index (κ2) is 5.68. The summed E-state index contributed by atoms with van der Waals surface area (Å²) in [7, 11) is 0. The number of thiophene rings is 1. The van der Waals surface area contributed by atoms with E-state index in [1.807, 2.05) is 6.07 Å². The Morgan fingerprint density at radius 2 is 2.21 bits per heavy atom. The molecule has 100 valence electrons. The number of nitrogens with zero attached hydrogens (tertiary/aromatic N) is 1. The molecule has 0 fully saturated rings. The lowest BCUT2D eigenvalue weighted by Crippen LogP contribution is -1.89. The van der Waals surface area contributed by atoms with Gasteiger partial charge in [-0.3, -0.25) is 10.1 Å². The standard InChI is InChI=1S/C12H10BrNO4S/c1-7(15)11-6-10(14(16)17)12(19-11)18-9-4-2-3-8(13)5-9/h2-7,15H,1H3/t7-/m1/s1. The van der Waals surface area contributed by atoms with Crippen LogP contribution in [-0.2, 0) is 0 Å². The highest BCUT2D eigenvalue weighted by Gasteiger charge is 2.23. The summed E-state index contributed by atoms with van der Waals surface area (Å²) in [6.07, 6.45) is -0.761. The number of ether oxygens (including phenoxy) is 1. The van der Waals surface area contributed by atoms with Gasteiger partial charge in [0.05, 0.1) is 11.0 Å². The maximum atomic E-state index is 11.0. The summed E-state index contributed by atoms with van der Waals surface area (Å²) < 4.78 is 6.34. The van der Waals surface area contributed by atoms with Gasteiger partial charge in [0, 0.05) is 15.4 Å². The van der Waals surface area contributed by atoms with E-state index in [-0.39, 0.29) is 10.8 Å². The molecule has 0 aliphatic rings. The second-order valence-electron chi connectivity index (χ2n) is 3.81. The zero-order chi connectivity index (χ0) is 14.0. The number of hydrogen-bond donors (Lipinski definition) is 1. The van der Waals surface area contributed by atoms with Crippen molar-refractivity contribution in [2.24, 2.45) is 0 Å². The molecule has 1 atom stereocenters. The highest BCUT2D eigenvalue weighted by atomic mass is 79.9. The quantitative estimate of drug-likeness (QED) is 0.664. The summed E-state index contributed by atoms with van der Waals surface area (Å²) in [5.41, 5.74) is -0.138. The highest BCUT2D eigenvalue weighted by molar-refractivity contribution is 9.10. The number of aliphatic hydroxyl groups is 1. The predicted molar refractivity (Wildman–Crippen MR) is 75.8 cm³/mol. The molecule has 19 heavy (non-hydrogen) atoms. The maximum absolute atomic E-state index is 11.0. The minimum Gasteiger partial charge on any atom is -0.440 e. The Bertz CT molecular complexity index is 612. The molecule has 0 amide bonds. The van der Waals surface area contributed by atoms with Crippen LogP contribution in [0.1, 0.15) is 17.9 Å². The van der Waals surface area contributed by atoms with Crippen molar-refractivity contribution in [1.29, 1.82) is 0 Å². The Hall–Kier alpha value is -1.44. The molecule has 0 saturated carbocycles. The van der Waals surface area contributed by atoms with Crippen LogP contribution in [0.2, 0.25) is 0 Å². The SMILES string of the molecule is C[C@@H](O)c1cc([N+](=O)[O-])c(Oc2cccc(Br)c2)s1. The lowest BCUT2D eigenvalue weighted by molar-refractivity contribution is -0.385. The van der Waals surface area contributed by atoms with Crippen LogP contribution in [0.3, 0.4) is 0 Å². The summed E-state index contributed by atoms with van der Waals surface area (Å²) in [5, 5.41) is 20.6. The Kier molecular flexibility index (Phi) is 4.18. The first kappa shape index (κ1) is 14.0. The van der Waals surface area contributed by atoms with Gasteiger partial charge in [-0.1, -0.05) is 33.3 Å². The summed E-state index contributed by atoms with van der Waals surface area (Å²) in [6.45, 7) is 1.55. The molecule has 0 radical (unpaired) electrons. The van der Waals surface area contributed by atoms with Crippen molar-refractivity contribution in [2.75, 3.05) is 0 Å². The van der Waals surface area contributed by atoms with Gasteiger partial charge in [0.2, 0.25) is 0 Å². The van der Waals surface area contributed by atoms with Gasteiger partial charge >= 0.3 is 5.69 Å². The van der Waals surface area contributed by atoms with Crippen molar-refractivity contribution in [3.05, 3.63) is 49.8 Å². The van der Waals surface area contributed by atoms with Crippen molar-refractivity contribution in [2.45, 2.75) is 13.0 Å². The normalized spacial score (nSPS) is 12.2. The van der Waals surface area contributed by atoms with Crippen LogP contribution in [0, 0.1) is 10.1 Å². The zero-order valence-corrected chi connectivity index (χ0v) is 12.3. The number of nitro groups is 1. The first-order chi connectivity index (χ1) is 8.97. The molecular weight excluding hydrogens is 334 g/mol. The average Bonchev–Trinajstić information content (AvgIpc) is 2.73. The molecule has 5 nitrogen and oxygen atoms in total. The molecule has 0 bridgehead atoms. The molecule has 0 aliphatic heterocycles. The maximum Gasteiger partial charge on any atom is 0.323 e. The molecular formula is C12H10BrNO4S. The van der Waals surface area contributed by atoms with Crippen LogP contribution < -0.4 is 4.74 Å². The lowest BCUT2D eigenvalue weighted by Gasteiger charge is -2.02. The van der Waals surface area contributed by atoms with E-state index in [1.54, 1.807) is 25.1 Å². The van der Waals surface area contributed by atoms with Gasteiger partial charge in [0.1, 0.15) is 5.75 Å². The van der Waals surface area contributed by atoms with Gasteiger partial charge in [-0.05, 0) is 25.1 Å². The number of halogens is 1. The fourth-order valence-corrected chi connectivity index (χ4v) is 2.74. The molecule has 0 unspecified atom stereocenters. The van der Waals surface area contributed by atoms with Crippen molar-refractivity contribution in [3.8, 4) is 10.8 Å². The first-order valence-electron chi connectivity index (χ1n) is 5.37. The fraction of sp³-hybridized carbons (Fsp3) is 0.167. The molecule has 2 aromatic rings. The average molecular weight is 344 g/mol. The first-order valence-corrected chi connectivity index (χ1v) is 6.98. The molecule has 1 aromatic heterocycles. The zero-order valence-electron chi connectivity index (χ0n) is 9.87. The van der Waals surface area contributed by atoms with Crippen molar-refractivity contribution in [3.63, 3.8) is 0 Å². The van der Waals surface area contributed by atoms with Gasteiger partial charge in [0.15, 0.2) is 0 Å². The van der Waals surface area contributed by atoms with E-state index in [1.165, 1.54) is 6.07 Å². The molecule has 1 N–H and O–H groups in total. The van der Waals surface area contributed by atoms with Gasteiger partial charge in [-0.2, -0.15) is 0 Å². The van der Waals surface area contributed by atoms with E-state index in [0.717, 1.165) is 15.8 Å². The minimum absolute atomic E-state index is 0.138. The molecule has 2 rings (SSSR count). The summed E-state index contributed by atoms with van der Waals surface area (Å²) in [5.74, 6) is 0.497. The smallest absolute Gasteiger partial charge is 0.323 e. The second-order valence-corrected chi connectivity index (χ2v) is 5.78. The van der Waals surface area contributed by atoms with Crippen LogP contribution in [-0.4, -0.2) is 10.0 Å². The van der Waals surface area contributed by atoms with E-state index >= 15 is 0 Å². The predicted octanol–water partition coefficient (Wildman–Crippen LogP) is 4.26. The topological polar surface area (TPSA) is 72.6 Å². The monoisotopic (exact) mass is 343 g/mol. The molecule has 0 aliphatic carbocycles. The highest BCUT2D eigenvalue weighted by Crippen LogP contribution is 2.42. The molecule has 0 spiro atoms. The minimum atomic E-state index is -0.761. The largest absolute Gasteiger partial charge is 0.440 e. The van der Waals surface area contributed by atoms with Gasteiger partial charge in [-0.15, -0.1) is 0 Å². The van der Waals surface area contributed by atoms with E-state index in [2.05, 4.69) is 15.9 Å². The van der Waals surface area contributed by atoms with Crippen LogP contribution in [0.4, 0.5) is 5.69 Å². The lowest BCUT2D eigenvalue weighted by atomic mass is 10.3. The van der Waals surface area contributed by atoms with Crippen molar-refractivity contribution >= 4 is 33.0 Å². The number of aliphatic hydroxyl groups excluding tert-OH is 1. The van der Waals surface area contributed by atoms with Crippen LogP contribution in [0.5, 0.6) is 10.8 Å². The molecule has 1 aromatic carbocycles. The Balaban J connectivity index is 2.36. The third-order valence-corrected chi connectivity index (χ3v) is 3.98. The van der Waals surface area contributed by atoms with Gasteiger partial charge < -0.3 is 9.84 Å². The number of benzene rings is 1. The molecule has 1 heterocycles. The Labute approximate surface area is 121 Å². The van der Waals surface area contributed by atoms with Gasteiger partial charge in [0.25, 0.3) is 5.06 Å². The Morgan fingerprint density at radius 1 is 1.47 bits per heavy atom. The van der Waals surface area contributed by atoms with E-state index < -0.39 is 11.0 Å². The number of rotatable bonds is 4. The summed E-state index contributed by atoms with van der Waals surface area (Å²) >= 11 is 4.37. The van der Waals surface area contributed by atoms with Crippen LogP contribution in [0.25, 0.3) is 0 Å². The molecule has 0 saturated heterocycles. The fourth-order valence-electron chi connectivity index (χ4n) is 1.43. The van der Waals surface area contributed by atoms with E-state index in [9.17, 15) is 15.2 Å². The van der Waals surface area contributed by atoms with E-state index in [0.29, 0.717) is 10.6 Å². The number of hydrogen-bond acceptors (Lipinski definition) is 5. The van der Waals surface area contributed by atoms with Crippen molar-refractivity contribution in [1.82, 2.24) is 0 Å². The Morgan fingerprint density at radius 3 is 2.79 bits per heavy atom. The third-order valence-electron chi connectivity index (χ3n) is 2.31. The van der Waals surface area contributed by atoms with Crippen LogP contribution in [0.15, 0.2) is 34.8 Å².